The molecule has 4 rings (SSSR count). The SMILES string of the molecule is CC(C)c1ccc(OCC(=O)OCc2cc(=O)n3c4c(sc3n2)CCCC4)cc1. The molecule has 0 spiro atoms. The van der Waals surface area contributed by atoms with Crippen LogP contribution in [0.15, 0.2) is 35.1 Å². The van der Waals surface area contributed by atoms with Crippen molar-refractivity contribution in [1.29, 1.82) is 0 Å². The first kappa shape index (κ1) is 19.6. The maximum absolute atomic E-state index is 12.5. The molecule has 1 aromatic carbocycles. The molecular weight excluding hydrogens is 388 g/mol. The Morgan fingerprint density at radius 2 is 1.97 bits per heavy atom. The minimum absolute atomic E-state index is 0.0389. The monoisotopic (exact) mass is 412 g/mol. The van der Waals surface area contributed by atoms with Crippen LogP contribution in [-0.4, -0.2) is 22.0 Å². The fourth-order valence-electron chi connectivity index (χ4n) is 3.50. The van der Waals surface area contributed by atoms with Gasteiger partial charge in [0.25, 0.3) is 5.56 Å². The Labute approximate surface area is 173 Å². The highest BCUT2D eigenvalue weighted by Crippen LogP contribution is 2.28. The fourth-order valence-corrected chi connectivity index (χ4v) is 4.74. The molecule has 0 saturated carbocycles. The Kier molecular flexibility index (Phi) is 5.67. The van der Waals surface area contributed by atoms with Crippen LogP contribution in [-0.2, 0) is 29.0 Å². The molecular formula is C22H24N2O4S. The van der Waals surface area contributed by atoms with E-state index in [2.05, 4.69) is 18.8 Å². The van der Waals surface area contributed by atoms with Crippen molar-refractivity contribution in [1.82, 2.24) is 9.38 Å². The largest absolute Gasteiger partial charge is 0.482 e. The Hall–Kier alpha value is -2.67. The van der Waals surface area contributed by atoms with Gasteiger partial charge in [-0.1, -0.05) is 26.0 Å². The molecule has 0 aliphatic heterocycles. The maximum Gasteiger partial charge on any atom is 0.344 e. The number of hydrogen-bond donors (Lipinski definition) is 0. The number of carbonyl (C=O) groups excluding carboxylic acids is 1. The van der Waals surface area contributed by atoms with Crippen LogP contribution in [0.25, 0.3) is 4.96 Å². The molecule has 0 radical (unpaired) electrons. The number of rotatable bonds is 6. The van der Waals surface area contributed by atoms with Crippen molar-refractivity contribution >= 4 is 22.3 Å². The summed E-state index contributed by atoms with van der Waals surface area (Å²) < 4.78 is 12.4. The zero-order valence-corrected chi connectivity index (χ0v) is 17.5. The Morgan fingerprint density at radius 3 is 2.72 bits per heavy atom. The van der Waals surface area contributed by atoms with Crippen molar-refractivity contribution < 1.29 is 14.3 Å². The molecule has 2 aromatic heterocycles. The minimum atomic E-state index is -0.495. The molecule has 29 heavy (non-hydrogen) atoms. The second-order valence-corrected chi connectivity index (χ2v) is 8.62. The van der Waals surface area contributed by atoms with Crippen LogP contribution in [0.5, 0.6) is 5.75 Å². The fraction of sp³-hybridized carbons (Fsp3) is 0.409. The second-order valence-electron chi connectivity index (χ2n) is 7.56. The zero-order chi connectivity index (χ0) is 20.4. The van der Waals surface area contributed by atoms with Gasteiger partial charge in [0, 0.05) is 16.6 Å². The highest BCUT2D eigenvalue weighted by molar-refractivity contribution is 7.17. The highest BCUT2D eigenvalue weighted by Gasteiger charge is 2.18. The number of ether oxygens (including phenoxy) is 2. The lowest BCUT2D eigenvalue weighted by Crippen LogP contribution is -2.19. The number of thiazole rings is 1. The van der Waals surface area contributed by atoms with E-state index in [4.69, 9.17) is 9.47 Å². The van der Waals surface area contributed by atoms with Crippen molar-refractivity contribution in [2.45, 2.75) is 52.1 Å². The first-order valence-electron chi connectivity index (χ1n) is 9.93. The van der Waals surface area contributed by atoms with E-state index in [1.165, 1.54) is 16.5 Å². The maximum atomic E-state index is 12.5. The normalized spacial score (nSPS) is 13.5. The summed E-state index contributed by atoms with van der Waals surface area (Å²) in [6, 6.07) is 9.11. The van der Waals surface area contributed by atoms with Crippen LogP contribution in [0.2, 0.25) is 0 Å². The first-order valence-corrected chi connectivity index (χ1v) is 10.7. The van der Waals surface area contributed by atoms with E-state index >= 15 is 0 Å². The lowest BCUT2D eigenvalue weighted by molar-refractivity contribution is -0.147. The number of fused-ring (bicyclic) bond motifs is 3. The van der Waals surface area contributed by atoms with Gasteiger partial charge in [0.15, 0.2) is 11.6 Å². The zero-order valence-electron chi connectivity index (χ0n) is 16.6. The number of aryl methyl sites for hydroxylation is 2. The van der Waals surface area contributed by atoms with Gasteiger partial charge in [-0.05, 0) is 49.3 Å². The third-order valence-corrected chi connectivity index (χ3v) is 6.24. The summed E-state index contributed by atoms with van der Waals surface area (Å²) in [5.41, 5.74) is 2.65. The standard InChI is InChI=1S/C22H24N2O4S/c1-14(2)15-7-9-17(10-8-15)27-13-21(26)28-12-16-11-20(25)24-18-5-3-4-6-19(18)29-22(24)23-16/h7-11,14H,3-6,12-13H2,1-2H3. The van der Waals surface area contributed by atoms with Gasteiger partial charge in [-0.2, -0.15) is 0 Å². The predicted octanol–water partition coefficient (Wildman–Crippen LogP) is 3.88. The number of benzene rings is 1. The predicted molar refractivity (Wildman–Crippen MR) is 112 cm³/mol. The van der Waals surface area contributed by atoms with Gasteiger partial charge in [0.2, 0.25) is 0 Å². The molecule has 0 bridgehead atoms. The molecule has 3 aromatic rings. The number of carbonyl (C=O) groups is 1. The summed E-state index contributed by atoms with van der Waals surface area (Å²) in [6.07, 6.45) is 4.17. The first-order chi connectivity index (χ1) is 14.0. The third-order valence-electron chi connectivity index (χ3n) is 5.10. The van der Waals surface area contributed by atoms with Gasteiger partial charge in [-0.15, -0.1) is 11.3 Å². The van der Waals surface area contributed by atoms with Crippen LogP contribution in [0, 0.1) is 0 Å². The molecule has 0 amide bonds. The molecule has 1 aliphatic carbocycles. The Balaban J connectivity index is 1.36. The van der Waals surface area contributed by atoms with Gasteiger partial charge < -0.3 is 9.47 Å². The van der Waals surface area contributed by atoms with Crippen molar-refractivity contribution in [3.05, 3.63) is 62.5 Å². The quantitative estimate of drug-likeness (QED) is 0.575. The lowest BCUT2D eigenvalue weighted by Gasteiger charge is -2.10. The van der Waals surface area contributed by atoms with Crippen LogP contribution in [0.1, 0.15) is 54.4 Å². The molecule has 152 valence electrons. The number of aromatic nitrogens is 2. The van der Waals surface area contributed by atoms with Gasteiger partial charge >= 0.3 is 5.97 Å². The van der Waals surface area contributed by atoms with E-state index in [-0.39, 0.29) is 18.8 Å². The Bertz CT molecular complexity index is 1080. The smallest absolute Gasteiger partial charge is 0.344 e. The molecule has 0 N–H and O–H groups in total. The summed E-state index contributed by atoms with van der Waals surface area (Å²) in [5.74, 6) is 0.565. The van der Waals surface area contributed by atoms with Crippen LogP contribution >= 0.6 is 11.3 Å². The molecule has 6 nitrogen and oxygen atoms in total. The Morgan fingerprint density at radius 1 is 1.21 bits per heavy atom. The topological polar surface area (TPSA) is 69.9 Å². The number of hydrogen-bond acceptors (Lipinski definition) is 6. The molecule has 0 atom stereocenters. The third kappa shape index (κ3) is 4.34. The average molecular weight is 413 g/mol. The van der Waals surface area contributed by atoms with Gasteiger partial charge in [0.05, 0.1) is 5.69 Å². The van der Waals surface area contributed by atoms with E-state index in [0.29, 0.717) is 22.3 Å². The number of nitrogens with zero attached hydrogens (tertiary/aromatic N) is 2. The van der Waals surface area contributed by atoms with Crippen molar-refractivity contribution in [2.75, 3.05) is 6.61 Å². The van der Waals surface area contributed by atoms with Crippen molar-refractivity contribution in [2.24, 2.45) is 0 Å². The molecule has 1 aliphatic rings. The van der Waals surface area contributed by atoms with Crippen molar-refractivity contribution in [3.63, 3.8) is 0 Å². The minimum Gasteiger partial charge on any atom is -0.482 e. The lowest BCUT2D eigenvalue weighted by atomic mass is 10.0. The molecule has 0 saturated heterocycles. The second kappa shape index (κ2) is 8.37. The van der Waals surface area contributed by atoms with E-state index in [0.717, 1.165) is 31.4 Å². The molecule has 0 fully saturated rings. The van der Waals surface area contributed by atoms with Gasteiger partial charge in [-0.3, -0.25) is 9.20 Å². The number of esters is 1. The van der Waals surface area contributed by atoms with E-state index in [9.17, 15) is 9.59 Å². The van der Waals surface area contributed by atoms with Crippen LogP contribution < -0.4 is 10.3 Å². The molecule has 2 heterocycles. The van der Waals surface area contributed by atoms with Crippen LogP contribution in [0.3, 0.4) is 0 Å². The van der Waals surface area contributed by atoms with Gasteiger partial charge in [-0.25, -0.2) is 9.78 Å². The van der Waals surface area contributed by atoms with Crippen molar-refractivity contribution in [3.8, 4) is 5.75 Å². The molecule has 0 unspecified atom stereocenters. The van der Waals surface area contributed by atoms with E-state index in [1.807, 2.05) is 24.3 Å². The van der Waals surface area contributed by atoms with Gasteiger partial charge in [0.1, 0.15) is 12.4 Å². The van der Waals surface area contributed by atoms with E-state index in [1.54, 1.807) is 15.7 Å². The average Bonchev–Trinajstić information content (AvgIpc) is 3.10. The summed E-state index contributed by atoms with van der Waals surface area (Å²) in [7, 11) is 0. The summed E-state index contributed by atoms with van der Waals surface area (Å²) in [6.45, 7) is 4.02. The summed E-state index contributed by atoms with van der Waals surface area (Å²) in [4.78, 5) is 31.0. The molecule has 7 heteroatoms. The highest BCUT2D eigenvalue weighted by atomic mass is 32.1. The summed E-state index contributed by atoms with van der Waals surface area (Å²) >= 11 is 1.56. The summed E-state index contributed by atoms with van der Waals surface area (Å²) in [5, 5.41) is 0. The van der Waals surface area contributed by atoms with Crippen LogP contribution in [0.4, 0.5) is 0 Å². The van der Waals surface area contributed by atoms with E-state index < -0.39 is 5.97 Å².